The average Bonchev–Trinajstić information content (AvgIpc) is 2.54. The van der Waals surface area contributed by atoms with Crippen LogP contribution in [0.2, 0.25) is 0 Å². The summed E-state index contributed by atoms with van der Waals surface area (Å²) in [5.41, 5.74) is 0.169. The van der Waals surface area contributed by atoms with E-state index >= 15 is 0 Å². The van der Waals surface area contributed by atoms with Crippen molar-refractivity contribution in [2.75, 3.05) is 0 Å². The highest BCUT2D eigenvalue weighted by molar-refractivity contribution is 6.06. The molecule has 2 rings (SSSR count). The van der Waals surface area contributed by atoms with Crippen molar-refractivity contribution in [1.29, 1.82) is 0 Å². The molecule has 0 aliphatic rings. The third-order valence-corrected chi connectivity index (χ3v) is 3.25. The summed E-state index contributed by atoms with van der Waals surface area (Å²) in [5, 5.41) is 9.04. The second-order valence-corrected chi connectivity index (χ2v) is 5.55. The van der Waals surface area contributed by atoms with E-state index < -0.39 is 11.6 Å². The van der Waals surface area contributed by atoms with E-state index in [0.717, 1.165) is 5.56 Å². The first-order valence-corrected chi connectivity index (χ1v) is 7.18. The number of carbonyl (C=O) groups is 2. The largest absolute Gasteiger partial charge is 0.478 e. The summed E-state index contributed by atoms with van der Waals surface area (Å²) in [6, 6.07) is 15.9. The van der Waals surface area contributed by atoms with E-state index in [4.69, 9.17) is 9.84 Å². The summed E-state index contributed by atoms with van der Waals surface area (Å²) in [7, 11) is 0. The number of aliphatic carboxylic acids is 1. The van der Waals surface area contributed by atoms with Crippen molar-refractivity contribution in [1.82, 2.24) is 0 Å². The summed E-state index contributed by atoms with van der Waals surface area (Å²) in [6.45, 7) is 2.98. The van der Waals surface area contributed by atoms with Gasteiger partial charge >= 0.3 is 5.97 Å². The number of rotatable bonds is 6. The molecular formula is C19H18O4. The highest BCUT2D eigenvalue weighted by atomic mass is 16.5. The fourth-order valence-corrected chi connectivity index (χ4v) is 1.86. The first-order chi connectivity index (χ1) is 10.9. The first kappa shape index (κ1) is 16.5. The van der Waals surface area contributed by atoms with Gasteiger partial charge in [-0.15, -0.1) is 0 Å². The van der Waals surface area contributed by atoms with Crippen LogP contribution in [0.25, 0.3) is 6.08 Å². The van der Waals surface area contributed by atoms with Crippen molar-refractivity contribution < 1.29 is 19.4 Å². The zero-order valence-electron chi connectivity index (χ0n) is 13.0. The van der Waals surface area contributed by atoms with E-state index in [1.54, 1.807) is 42.5 Å². The zero-order chi connectivity index (χ0) is 16.9. The SMILES string of the molecule is CC(C)(Oc1ccc(C=CC(=O)c2ccccc2)cc1)C(=O)O. The number of ketones is 1. The van der Waals surface area contributed by atoms with Crippen LogP contribution in [0.15, 0.2) is 60.7 Å². The molecule has 0 bridgehead atoms. The van der Waals surface area contributed by atoms with Gasteiger partial charge in [0.1, 0.15) is 5.75 Å². The molecule has 4 nitrogen and oxygen atoms in total. The molecule has 0 saturated heterocycles. The molecule has 0 unspecified atom stereocenters. The molecule has 1 N–H and O–H groups in total. The molecule has 4 heteroatoms. The molecule has 2 aromatic carbocycles. The second-order valence-electron chi connectivity index (χ2n) is 5.55. The van der Waals surface area contributed by atoms with Gasteiger partial charge in [-0.2, -0.15) is 0 Å². The van der Waals surface area contributed by atoms with Crippen LogP contribution in [0.5, 0.6) is 5.75 Å². The molecule has 0 spiro atoms. The van der Waals surface area contributed by atoms with Gasteiger partial charge in [-0.05, 0) is 37.6 Å². The van der Waals surface area contributed by atoms with E-state index in [-0.39, 0.29) is 5.78 Å². The maximum Gasteiger partial charge on any atom is 0.347 e. The van der Waals surface area contributed by atoms with Crippen LogP contribution in [0.3, 0.4) is 0 Å². The molecule has 0 aliphatic carbocycles. The molecule has 0 saturated carbocycles. The van der Waals surface area contributed by atoms with Gasteiger partial charge in [0.05, 0.1) is 0 Å². The lowest BCUT2D eigenvalue weighted by molar-refractivity contribution is -0.152. The van der Waals surface area contributed by atoms with Gasteiger partial charge in [-0.1, -0.05) is 48.5 Å². The number of hydrogen-bond donors (Lipinski definition) is 1. The fraction of sp³-hybridized carbons (Fsp3) is 0.158. The molecule has 0 aromatic heterocycles. The molecule has 23 heavy (non-hydrogen) atoms. The smallest absolute Gasteiger partial charge is 0.347 e. The van der Waals surface area contributed by atoms with E-state index in [2.05, 4.69) is 0 Å². The highest BCUT2D eigenvalue weighted by Gasteiger charge is 2.29. The number of ether oxygens (including phenoxy) is 1. The Bertz CT molecular complexity index is 713. The maximum absolute atomic E-state index is 12.0. The van der Waals surface area contributed by atoms with Gasteiger partial charge in [-0.3, -0.25) is 4.79 Å². The monoisotopic (exact) mass is 310 g/mol. The maximum atomic E-state index is 12.0. The number of carbonyl (C=O) groups excluding carboxylic acids is 1. The van der Waals surface area contributed by atoms with Crippen LogP contribution in [-0.2, 0) is 4.79 Å². The number of hydrogen-bond acceptors (Lipinski definition) is 3. The van der Waals surface area contributed by atoms with Gasteiger partial charge in [0, 0.05) is 5.56 Å². The lowest BCUT2D eigenvalue weighted by atomic mass is 10.1. The van der Waals surface area contributed by atoms with Crippen LogP contribution in [0.1, 0.15) is 29.8 Å². The van der Waals surface area contributed by atoms with Crippen molar-refractivity contribution >= 4 is 17.8 Å². The Morgan fingerprint density at radius 3 is 2.17 bits per heavy atom. The Hall–Kier alpha value is -2.88. The molecular weight excluding hydrogens is 292 g/mol. The van der Waals surface area contributed by atoms with Crippen molar-refractivity contribution in [3.8, 4) is 5.75 Å². The van der Waals surface area contributed by atoms with E-state index in [9.17, 15) is 9.59 Å². The lowest BCUT2D eigenvalue weighted by Crippen LogP contribution is -2.37. The van der Waals surface area contributed by atoms with Gasteiger partial charge in [-0.25, -0.2) is 4.79 Å². The van der Waals surface area contributed by atoms with Gasteiger partial charge in [0.15, 0.2) is 11.4 Å². The lowest BCUT2D eigenvalue weighted by Gasteiger charge is -2.21. The Kier molecular flexibility index (Phi) is 4.96. The van der Waals surface area contributed by atoms with E-state index in [1.165, 1.54) is 19.9 Å². The minimum absolute atomic E-state index is 0.0714. The van der Waals surface area contributed by atoms with Gasteiger partial charge in [0.25, 0.3) is 0 Å². The van der Waals surface area contributed by atoms with Crippen LogP contribution in [0, 0.1) is 0 Å². The number of allylic oxidation sites excluding steroid dienone is 1. The van der Waals surface area contributed by atoms with Crippen LogP contribution in [0.4, 0.5) is 0 Å². The first-order valence-electron chi connectivity index (χ1n) is 7.18. The third kappa shape index (κ3) is 4.54. The topological polar surface area (TPSA) is 63.6 Å². The predicted octanol–water partition coefficient (Wildman–Crippen LogP) is 3.82. The molecule has 0 atom stereocenters. The normalized spacial score (nSPS) is 11.4. The standard InChI is InChI=1S/C19H18O4/c1-19(2,18(21)22)23-16-11-8-14(9-12-16)10-13-17(20)15-6-4-3-5-7-15/h3-13H,1-2H3,(H,21,22). The summed E-state index contributed by atoms with van der Waals surface area (Å²) < 4.78 is 5.42. The quantitative estimate of drug-likeness (QED) is 0.650. The minimum Gasteiger partial charge on any atom is -0.478 e. The van der Waals surface area contributed by atoms with Crippen molar-refractivity contribution in [3.05, 3.63) is 71.8 Å². The fourth-order valence-electron chi connectivity index (χ4n) is 1.86. The predicted molar refractivity (Wildman–Crippen MR) is 88.6 cm³/mol. The van der Waals surface area contributed by atoms with Crippen LogP contribution >= 0.6 is 0 Å². The summed E-state index contributed by atoms with van der Waals surface area (Å²) >= 11 is 0. The van der Waals surface area contributed by atoms with Crippen LogP contribution in [-0.4, -0.2) is 22.5 Å². The van der Waals surface area contributed by atoms with E-state index in [0.29, 0.717) is 11.3 Å². The van der Waals surface area contributed by atoms with Gasteiger partial charge in [0.2, 0.25) is 0 Å². The van der Waals surface area contributed by atoms with Crippen molar-refractivity contribution in [3.63, 3.8) is 0 Å². The molecule has 0 fully saturated rings. The zero-order valence-corrected chi connectivity index (χ0v) is 13.0. The Morgan fingerprint density at radius 1 is 1.00 bits per heavy atom. The van der Waals surface area contributed by atoms with Gasteiger partial charge < -0.3 is 9.84 Å². The minimum atomic E-state index is -1.29. The number of carboxylic acids is 1. The third-order valence-electron chi connectivity index (χ3n) is 3.25. The second kappa shape index (κ2) is 6.92. The van der Waals surface area contributed by atoms with Crippen LogP contribution < -0.4 is 4.74 Å². The van der Waals surface area contributed by atoms with E-state index in [1.807, 2.05) is 18.2 Å². The Balaban J connectivity index is 2.04. The summed E-state index contributed by atoms with van der Waals surface area (Å²) in [6.07, 6.45) is 3.22. The molecule has 0 heterocycles. The van der Waals surface area contributed by atoms with Crippen molar-refractivity contribution in [2.24, 2.45) is 0 Å². The molecule has 0 aliphatic heterocycles. The number of benzene rings is 2. The number of carboxylic acid groups (broad SMARTS) is 1. The highest BCUT2D eigenvalue weighted by Crippen LogP contribution is 2.19. The molecule has 0 amide bonds. The molecule has 2 aromatic rings. The Morgan fingerprint density at radius 2 is 1.61 bits per heavy atom. The molecule has 118 valence electrons. The summed E-state index contributed by atoms with van der Waals surface area (Å²) in [5.74, 6) is -0.642. The van der Waals surface area contributed by atoms with Crippen molar-refractivity contribution in [2.45, 2.75) is 19.4 Å². The Labute approximate surface area is 135 Å². The average molecular weight is 310 g/mol. The molecule has 0 radical (unpaired) electrons. The summed E-state index contributed by atoms with van der Waals surface area (Å²) in [4.78, 5) is 23.0.